The van der Waals surface area contributed by atoms with Crippen LogP contribution in [0.15, 0.2) is 53.6 Å². The zero-order chi connectivity index (χ0) is 20.5. The third-order valence-corrected chi connectivity index (χ3v) is 3.78. The Balaban J connectivity index is 2.01. The van der Waals surface area contributed by atoms with Crippen LogP contribution in [0.25, 0.3) is 0 Å². The van der Waals surface area contributed by atoms with E-state index in [4.69, 9.17) is 9.84 Å². The van der Waals surface area contributed by atoms with Gasteiger partial charge in [-0.2, -0.15) is 5.10 Å². The number of nitrogens with one attached hydrogen (secondary N) is 2. The highest BCUT2D eigenvalue weighted by molar-refractivity contribution is 6.35. The van der Waals surface area contributed by atoms with Gasteiger partial charge in [0.15, 0.2) is 0 Å². The maximum absolute atomic E-state index is 12.0. The van der Waals surface area contributed by atoms with E-state index in [0.717, 1.165) is 5.56 Å². The minimum atomic E-state index is -1.10. The number of nitrogens with zero attached hydrogens (tertiary/aromatic N) is 1. The second-order valence-corrected chi connectivity index (χ2v) is 5.80. The predicted molar refractivity (Wildman–Crippen MR) is 103 cm³/mol. The quantitative estimate of drug-likeness (QED) is 0.385. The molecule has 0 fully saturated rings. The number of carboxylic acids is 1. The van der Waals surface area contributed by atoms with Crippen molar-refractivity contribution in [1.82, 2.24) is 10.7 Å². The van der Waals surface area contributed by atoms with Gasteiger partial charge in [-0.1, -0.05) is 30.3 Å². The highest BCUT2D eigenvalue weighted by atomic mass is 16.5. The third-order valence-electron chi connectivity index (χ3n) is 3.78. The van der Waals surface area contributed by atoms with Crippen LogP contribution >= 0.6 is 0 Å². The zero-order valence-electron chi connectivity index (χ0n) is 15.5. The van der Waals surface area contributed by atoms with Crippen molar-refractivity contribution < 1.29 is 24.2 Å². The molecule has 1 atom stereocenters. The Morgan fingerprint density at radius 1 is 1.14 bits per heavy atom. The standard InChI is InChI=1S/C20H21N3O5/c1-3-28-17-10-9-15(20(26)27)11-16(17)12-21-23-19(25)18(24)22-13(2)14-7-5-4-6-8-14/h4-13H,3H2,1-2H3,(H,22,24)(H,23,25)(H,26,27)/b21-12-/t13-/m1/s1. The first-order valence-electron chi connectivity index (χ1n) is 8.61. The first-order valence-corrected chi connectivity index (χ1v) is 8.61. The van der Waals surface area contributed by atoms with Crippen molar-refractivity contribution in [1.29, 1.82) is 0 Å². The van der Waals surface area contributed by atoms with Crippen molar-refractivity contribution in [3.63, 3.8) is 0 Å². The molecule has 0 radical (unpaired) electrons. The van der Waals surface area contributed by atoms with Crippen molar-refractivity contribution >= 4 is 24.0 Å². The van der Waals surface area contributed by atoms with E-state index < -0.39 is 17.8 Å². The number of hydrogen-bond acceptors (Lipinski definition) is 5. The van der Waals surface area contributed by atoms with E-state index in [1.54, 1.807) is 13.8 Å². The molecule has 0 aromatic heterocycles. The van der Waals surface area contributed by atoms with Crippen molar-refractivity contribution in [2.24, 2.45) is 5.10 Å². The number of hydrogen-bond donors (Lipinski definition) is 3. The zero-order valence-corrected chi connectivity index (χ0v) is 15.5. The third kappa shape index (κ3) is 5.66. The summed E-state index contributed by atoms with van der Waals surface area (Å²) in [5, 5.41) is 15.4. The smallest absolute Gasteiger partial charge is 0.335 e. The Morgan fingerprint density at radius 2 is 1.86 bits per heavy atom. The Labute approximate surface area is 162 Å². The number of carbonyl (C=O) groups is 3. The highest BCUT2D eigenvalue weighted by Crippen LogP contribution is 2.18. The van der Waals surface area contributed by atoms with Crippen LogP contribution < -0.4 is 15.5 Å². The molecule has 8 nitrogen and oxygen atoms in total. The average Bonchev–Trinajstić information content (AvgIpc) is 2.69. The molecule has 146 valence electrons. The number of ether oxygens (including phenoxy) is 1. The van der Waals surface area contributed by atoms with Gasteiger partial charge < -0.3 is 15.2 Å². The number of benzene rings is 2. The van der Waals surface area contributed by atoms with E-state index in [1.807, 2.05) is 30.3 Å². The van der Waals surface area contributed by atoms with Crippen molar-refractivity contribution in [2.75, 3.05) is 6.61 Å². The SMILES string of the molecule is CCOc1ccc(C(=O)O)cc1/C=N\NC(=O)C(=O)N[C@H](C)c1ccccc1. The van der Waals surface area contributed by atoms with Crippen LogP contribution in [-0.4, -0.2) is 35.7 Å². The lowest BCUT2D eigenvalue weighted by Crippen LogP contribution is -2.39. The molecule has 0 aliphatic rings. The van der Waals surface area contributed by atoms with Gasteiger partial charge in [-0.15, -0.1) is 0 Å². The summed E-state index contributed by atoms with van der Waals surface area (Å²) in [6.45, 7) is 3.92. The molecule has 0 saturated heterocycles. The van der Waals surface area contributed by atoms with Gasteiger partial charge in [-0.25, -0.2) is 10.2 Å². The summed E-state index contributed by atoms with van der Waals surface area (Å²) in [5.41, 5.74) is 3.39. The van der Waals surface area contributed by atoms with E-state index in [1.165, 1.54) is 24.4 Å². The van der Waals surface area contributed by atoms with E-state index in [9.17, 15) is 14.4 Å². The van der Waals surface area contributed by atoms with Gasteiger partial charge in [0.2, 0.25) is 0 Å². The molecule has 2 aromatic rings. The van der Waals surface area contributed by atoms with Gasteiger partial charge in [0.1, 0.15) is 5.75 Å². The Hall–Kier alpha value is -3.68. The molecule has 0 aliphatic carbocycles. The van der Waals surface area contributed by atoms with Gasteiger partial charge in [-0.05, 0) is 37.6 Å². The summed E-state index contributed by atoms with van der Waals surface area (Å²) in [4.78, 5) is 35.0. The molecule has 2 amide bonds. The van der Waals surface area contributed by atoms with Gasteiger partial charge in [-0.3, -0.25) is 9.59 Å². The highest BCUT2D eigenvalue weighted by Gasteiger charge is 2.16. The summed E-state index contributed by atoms with van der Waals surface area (Å²) in [6, 6.07) is 13.1. The van der Waals surface area contributed by atoms with E-state index in [-0.39, 0.29) is 11.6 Å². The topological polar surface area (TPSA) is 117 Å². The van der Waals surface area contributed by atoms with Crippen LogP contribution in [0.3, 0.4) is 0 Å². The van der Waals surface area contributed by atoms with Crippen LogP contribution in [0, 0.1) is 0 Å². The number of amides is 2. The van der Waals surface area contributed by atoms with Crippen LogP contribution in [0.4, 0.5) is 0 Å². The molecular weight excluding hydrogens is 362 g/mol. The first kappa shape index (κ1) is 20.6. The lowest BCUT2D eigenvalue weighted by atomic mass is 10.1. The molecule has 8 heteroatoms. The molecule has 28 heavy (non-hydrogen) atoms. The Kier molecular flexibility index (Phi) is 7.27. The van der Waals surface area contributed by atoms with E-state index in [0.29, 0.717) is 17.9 Å². The molecule has 2 rings (SSSR count). The molecule has 0 unspecified atom stereocenters. The first-order chi connectivity index (χ1) is 13.4. The van der Waals surface area contributed by atoms with Crippen LogP contribution in [0.5, 0.6) is 5.75 Å². The summed E-state index contributed by atoms with van der Waals surface area (Å²) in [7, 11) is 0. The number of rotatable bonds is 7. The second kappa shape index (κ2) is 9.86. The molecule has 0 bridgehead atoms. The molecular formula is C20H21N3O5. The number of carbonyl (C=O) groups excluding carboxylic acids is 2. The summed E-state index contributed by atoms with van der Waals surface area (Å²) >= 11 is 0. The predicted octanol–water partition coefficient (Wildman–Crippen LogP) is 2.11. The summed E-state index contributed by atoms with van der Waals surface area (Å²) < 4.78 is 5.40. The number of hydrazone groups is 1. The molecule has 0 heterocycles. The lowest BCUT2D eigenvalue weighted by Gasteiger charge is -2.13. The minimum absolute atomic E-state index is 0.0469. The normalized spacial score (nSPS) is 11.6. The number of aromatic carboxylic acids is 1. The molecule has 0 spiro atoms. The van der Waals surface area contributed by atoms with Crippen LogP contribution in [0.1, 0.15) is 41.4 Å². The van der Waals surface area contributed by atoms with E-state index in [2.05, 4.69) is 15.8 Å². The van der Waals surface area contributed by atoms with Gasteiger partial charge >= 0.3 is 17.8 Å². The lowest BCUT2D eigenvalue weighted by molar-refractivity contribution is -0.139. The minimum Gasteiger partial charge on any atom is -0.493 e. The Morgan fingerprint density at radius 3 is 2.50 bits per heavy atom. The summed E-state index contributed by atoms with van der Waals surface area (Å²) in [5.74, 6) is -2.46. The fourth-order valence-corrected chi connectivity index (χ4v) is 2.37. The van der Waals surface area contributed by atoms with Gasteiger partial charge in [0.05, 0.1) is 24.4 Å². The molecule has 3 N–H and O–H groups in total. The van der Waals surface area contributed by atoms with Crippen molar-refractivity contribution in [3.05, 3.63) is 65.2 Å². The monoisotopic (exact) mass is 383 g/mol. The van der Waals surface area contributed by atoms with Crippen LogP contribution in [0.2, 0.25) is 0 Å². The number of carboxylic acid groups (broad SMARTS) is 1. The maximum atomic E-state index is 12.0. The molecule has 0 saturated carbocycles. The maximum Gasteiger partial charge on any atom is 0.335 e. The fourth-order valence-electron chi connectivity index (χ4n) is 2.37. The van der Waals surface area contributed by atoms with Crippen molar-refractivity contribution in [2.45, 2.75) is 19.9 Å². The largest absolute Gasteiger partial charge is 0.493 e. The molecule has 0 aliphatic heterocycles. The van der Waals surface area contributed by atoms with Crippen LogP contribution in [-0.2, 0) is 9.59 Å². The second-order valence-electron chi connectivity index (χ2n) is 5.80. The van der Waals surface area contributed by atoms with Gasteiger partial charge in [0, 0.05) is 5.56 Å². The average molecular weight is 383 g/mol. The van der Waals surface area contributed by atoms with Crippen molar-refractivity contribution in [3.8, 4) is 5.75 Å². The molecule has 2 aromatic carbocycles. The van der Waals surface area contributed by atoms with Gasteiger partial charge in [0.25, 0.3) is 0 Å². The fraction of sp³-hybridized carbons (Fsp3) is 0.200. The Bertz CT molecular complexity index is 881. The summed E-state index contributed by atoms with van der Waals surface area (Å²) in [6.07, 6.45) is 1.23. The van der Waals surface area contributed by atoms with E-state index >= 15 is 0 Å².